The minimum absolute atomic E-state index is 0.130. The predicted octanol–water partition coefficient (Wildman–Crippen LogP) is 1.96. The van der Waals surface area contributed by atoms with Gasteiger partial charge in [0.1, 0.15) is 11.3 Å². The molecule has 0 unspecified atom stereocenters. The van der Waals surface area contributed by atoms with Crippen LogP contribution in [0.15, 0.2) is 0 Å². The minimum Gasteiger partial charge on any atom is -0.394 e. The Kier molecular flexibility index (Phi) is 3.93. The monoisotopic (exact) mass is 250 g/mol. The van der Waals surface area contributed by atoms with E-state index in [2.05, 4.69) is 5.32 Å². The molecule has 0 aromatic heterocycles. The molecule has 0 aliphatic heterocycles. The fraction of sp³-hybridized carbons (Fsp3) is 0.300. The van der Waals surface area contributed by atoms with E-state index in [1.165, 1.54) is 0 Å². The van der Waals surface area contributed by atoms with E-state index >= 15 is 0 Å². The van der Waals surface area contributed by atoms with Crippen LogP contribution in [-0.4, -0.2) is 12.5 Å². The predicted molar refractivity (Wildman–Crippen MR) is 53.3 cm³/mol. The maximum atomic E-state index is 13.3. The molecular weight excluding hydrogens is 240 g/mol. The molecule has 0 saturated heterocycles. The Hall–Kier alpha value is -1.79. The summed E-state index contributed by atoms with van der Waals surface area (Å²) in [7, 11) is 0. The number of rotatable bonds is 3. The van der Waals surface area contributed by atoms with E-state index in [1.807, 2.05) is 0 Å². The van der Waals surface area contributed by atoms with E-state index in [1.54, 1.807) is 6.92 Å². The third-order valence-corrected chi connectivity index (χ3v) is 2.06. The molecule has 17 heavy (non-hydrogen) atoms. The molecular formula is C10H10F4N2O. The van der Waals surface area contributed by atoms with Gasteiger partial charge in [0.25, 0.3) is 5.91 Å². The molecule has 3 N–H and O–H groups in total. The lowest BCUT2D eigenvalue weighted by atomic mass is 10.1. The lowest BCUT2D eigenvalue weighted by Gasteiger charge is -2.09. The van der Waals surface area contributed by atoms with Gasteiger partial charge in [-0.25, -0.2) is 17.6 Å². The summed E-state index contributed by atoms with van der Waals surface area (Å²) in [4.78, 5) is 11.3. The molecule has 0 saturated carbocycles. The van der Waals surface area contributed by atoms with Crippen molar-refractivity contribution in [2.75, 3.05) is 12.3 Å². The van der Waals surface area contributed by atoms with Gasteiger partial charge in [0.05, 0.1) is 0 Å². The van der Waals surface area contributed by atoms with Crippen molar-refractivity contribution >= 4 is 11.6 Å². The van der Waals surface area contributed by atoms with Gasteiger partial charge in [0.2, 0.25) is 0 Å². The van der Waals surface area contributed by atoms with Gasteiger partial charge in [0.15, 0.2) is 23.3 Å². The largest absolute Gasteiger partial charge is 0.394 e. The molecule has 0 spiro atoms. The van der Waals surface area contributed by atoms with Crippen LogP contribution in [-0.2, 0) is 0 Å². The first-order valence-electron chi connectivity index (χ1n) is 4.81. The average molecular weight is 250 g/mol. The number of nitrogen functional groups attached to an aromatic ring is 1. The van der Waals surface area contributed by atoms with Crippen LogP contribution < -0.4 is 11.1 Å². The number of carbonyl (C=O) groups is 1. The SMILES string of the molecule is CCCNC(=O)c1c(F)c(F)c(N)c(F)c1F. The van der Waals surface area contributed by atoms with Crippen molar-refractivity contribution in [1.82, 2.24) is 5.32 Å². The van der Waals surface area contributed by atoms with Gasteiger partial charge in [-0.2, -0.15) is 0 Å². The van der Waals surface area contributed by atoms with E-state index in [-0.39, 0.29) is 6.54 Å². The number of carbonyl (C=O) groups excluding carboxylic acids is 1. The maximum Gasteiger partial charge on any atom is 0.257 e. The Labute approximate surface area is 94.6 Å². The Morgan fingerprint density at radius 1 is 1.12 bits per heavy atom. The summed E-state index contributed by atoms with van der Waals surface area (Å²) in [5.41, 5.74) is 2.20. The number of amides is 1. The fourth-order valence-electron chi connectivity index (χ4n) is 1.17. The molecule has 1 amide bonds. The van der Waals surface area contributed by atoms with Crippen molar-refractivity contribution in [2.45, 2.75) is 13.3 Å². The smallest absolute Gasteiger partial charge is 0.257 e. The van der Waals surface area contributed by atoms with E-state index < -0.39 is 40.4 Å². The highest BCUT2D eigenvalue weighted by atomic mass is 19.2. The first-order valence-corrected chi connectivity index (χ1v) is 4.81. The van der Waals surface area contributed by atoms with Crippen LogP contribution in [0.3, 0.4) is 0 Å². The molecule has 0 atom stereocenters. The Balaban J connectivity index is 3.29. The van der Waals surface area contributed by atoms with E-state index in [0.717, 1.165) is 0 Å². The zero-order valence-electron chi connectivity index (χ0n) is 8.91. The van der Waals surface area contributed by atoms with Crippen molar-refractivity contribution in [3.63, 3.8) is 0 Å². The second-order valence-corrected chi connectivity index (χ2v) is 3.30. The zero-order chi connectivity index (χ0) is 13.2. The molecule has 0 aliphatic rings. The second kappa shape index (κ2) is 5.03. The Morgan fingerprint density at radius 2 is 1.59 bits per heavy atom. The van der Waals surface area contributed by atoms with Crippen LogP contribution in [0.5, 0.6) is 0 Å². The number of benzene rings is 1. The summed E-state index contributed by atoms with van der Waals surface area (Å²) in [6.07, 6.45) is 0.509. The van der Waals surface area contributed by atoms with Crippen LogP contribution in [0.25, 0.3) is 0 Å². The van der Waals surface area contributed by atoms with Crippen LogP contribution in [0.4, 0.5) is 23.2 Å². The number of hydrogen-bond acceptors (Lipinski definition) is 2. The second-order valence-electron chi connectivity index (χ2n) is 3.30. The van der Waals surface area contributed by atoms with Gasteiger partial charge in [-0.3, -0.25) is 4.79 Å². The van der Waals surface area contributed by atoms with Crippen molar-refractivity contribution in [2.24, 2.45) is 0 Å². The van der Waals surface area contributed by atoms with E-state index in [0.29, 0.717) is 6.42 Å². The third kappa shape index (κ3) is 2.32. The molecule has 0 bridgehead atoms. The normalized spacial score (nSPS) is 10.4. The summed E-state index contributed by atoms with van der Waals surface area (Å²) in [5.74, 6) is -8.36. The van der Waals surface area contributed by atoms with Crippen molar-refractivity contribution < 1.29 is 22.4 Å². The summed E-state index contributed by atoms with van der Waals surface area (Å²) in [6, 6.07) is 0. The highest BCUT2D eigenvalue weighted by Gasteiger charge is 2.27. The molecule has 1 aromatic carbocycles. The number of anilines is 1. The van der Waals surface area contributed by atoms with Crippen molar-refractivity contribution in [1.29, 1.82) is 0 Å². The molecule has 0 aliphatic carbocycles. The Bertz CT molecular complexity index is 433. The molecule has 94 valence electrons. The van der Waals surface area contributed by atoms with Gasteiger partial charge in [-0.15, -0.1) is 0 Å². The summed E-state index contributed by atoms with van der Waals surface area (Å²) in [5, 5.41) is 2.11. The summed E-state index contributed by atoms with van der Waals surface area (Å²) in [6.45, 7) is 1.84. The Morgan fingerprint density at radius 3 is 2.00 bits per heavy atom. The molecule has 0 fully saturated rings. The van der Waals surface area contributed by atoms with E-state index in [4.69, 9.17) is 5.73 Å². The quantitative estimate of drug-likeness (QED) is 0.489. The standard InChI is InChI=1S/C10H10F4N2O/c1-2-3-16-10(17)4-5(11)7(13)9(15)8(14)6(4)12/h2-3,15H2,1H3,(H,16,17). The topological polar surface area (TPSA) is 55.1 Å². The van der Waals surface area contributed by atoms with Crippen LogP contribution in [0.1, 0.15) is 23.7 Å². The summed E-state index contributed by atoms with van der Waals surface area (Å²) < 4.78 is 52.6. The highest BCUT2D eigenvalue weighted by molar-refractivity contribution is 5.95. The van der Waals surface area contributed by atoms with Crippen LogP contribution >= 0.6 is 0 Å². The van der Waals surface area contributed by atoms with Gasteiger partial charge in [0, 0.05) is 6.54 Å². The molecule has 0 radical (unpaired) electrons. The molecule has 3 nitrogen and oxygen atoms in total. The van der Waals surface area contributed by atoms with Crippen molar-refractivity contribution in [3.05, 3.63) is 28.8 Å². The zero-order valence-corrected chi connectivity index (χ0v) is 8.91. The van der Waals surface area contributed by atoms with Gasteiger partial charge in [-0.1, -0.05) is 6.92 Å². The summed E-state index contributed by atoms with van der Waals surface area (Å²) >= 11 is 0. The third-order valence-electron chi connectivity index (χ3n) is 2.06. The molecule has 0 heterocycles. The number of nitrogens with two attached hydrogens (primary N) is 1. The fourth-order valence-corrected chi connectivity index (χ4v) is 1.17. The maximum absolute atomic E-state index is 13.3. The van der Waals surface area contributed by atoms with Crippen molar-refractivity contribution in [3.8, 4) is 0 Å². The minimum atomic E-state index is -1.80. The molecule has 1 rings (SSSR count). The van der Waals surface area contributed by atoms with Crippen LogP contribution in [0.2, 0.25) is 0 Å². The average Bonchev–Trinajstić information content (AvgIpc) is 2.31. The van der Waals surface area contributed by atoms with Gasteiger partial charge >= 0.3 is 0 Å². The first kappa shape index (κ1) is 13.3. The van der Waals surface area contributed by atoms with Crippen LogP contribution in [0, 0.1) is 23.3 Å². The number of hydrogen-bond donors (Lipinski definition) is 2. The molecule has 7 heteroatoms. The molecule has 1 aromatic rings. The van der Waals surface area contributed by atoms with Gasteiger partial charge < -0.3 is 11.1 Å². The first-order chi connectivity index (χ1) is 7.91. The lowest BCUT2D eigenvalue weighted by molar-refractivity contribution is 0.0943. The lowest BCUT2D eigenvalue weighted by Crippen LogP contribution is -2.27. The number of nitrogens with one attached hydrogen (secondary N) is 1. The van der Waals surface area contributed by atoms with Gasteiger partial charge in [-0.05, 0) is 6.42 Å². The highest BCUT2D eigenvalue weighted by Crippen LogP contribution is 2.25. The van der Waals surface area contributed by atoms with E-state index in [9.17, 15) is 22.4 Å². The number of halogens is 4.